The SMILES string of the molecule is CCNc1cc(NCCc2cccc(OC)c2)nc(N)n1. The molecule has 0 aliphatic carbocycles. The van der Waals surface area contributed by atoms with Crippen LogP contribution in [-0.4, -0.2) is 30.2 Å². The van der Waals surface area contributed by atoms with E-state index in [2.05, 4.69) is 26.7 Å². The standard InChI is InChI=1S/C15H21N5O/c1-3-17-13-10-14(20-15(16)19-13)18-8-7-11-5-4-6-12(9-11)21-2/h4-6,9-10H,3,7-8H2,1-2H3,(H4,16,17,18,19,20). The van der Waals surface area contributed by atoms with Crippen LogP contribution in [0.5, 0.6) is 5.75 Å². The van der Waals surface area contributed by atoms with Crippen LogP contribution in [0, 0.1) is 0 Å². The molecule has 112 valence electrons. The fourth-order valence-electron chi connectivity index (χ4n) is 1.99. The van der Waals surface area contributed by atoms with E-state index in [1.807, 2.05) is 31.2 Å². The van der Waals surface area contributed by atoms with Crippen molar-refractivity contribution in [3.05, 3.63) is 35.9 Å². The highest BCUT2D eigenvalue weighted by Gasteiger charge is 2.02. The van der Waals surface area contributed by atoms with E-state index >= 15 is 0 Å². The van der Waals surface area contributed by atoms with E-state index in [9.17, 15) is 0 Å². The zero-order valence-corrected chi connectivity index (χ0v) is 12.4. The lowest BCUT2D eigenvalue weighted by Crippen LogP contribution is -2.10. The Balaban J connectivity index is 1.93. The van der Waals surface area contributed by atoms with E-state index in [-0.39, 0.29) is 5.95 Å². The second-order valence-electron chi connectivity index (χ2n) is 4.56. The number of methoxy groups -OCH3 is 1. The molecule has 4 N–H and O–H groups in total. The average Bonchev–Trinajstić information content (AvgIpc) is 2.47. The fraction of sp³-hybridized carbons (Fsp3) is 0.333. The summed E-state index contributed by atoms with van der Waals surface area (Å²) in [5.74, 6) is 2.58. The first kappa shape index (κ1) is 14.9. The number of hydrogen-bond donors (Lipinski definition) is 3. The maximum Gasteiger partial charge on any atom is 0.223 e. The molecule has 0 amide bonds. The lowest BCUT2D eigenvalue weighted by Gasteiger charge is -2.09. The molecule has 2 aromatic rings. The van der Waals surface area contributed by atoms with Crippen LogP contribution in [0.15, 0.2) is 30.3 Å². The molecule has 21 heavy (non-hydrogen) atoms. The lowest BCUT2D eigenvalue weighted by atomic mass is 10.1. The van der Waals surface area contributed by atoms with Gasteiger partial charge in [-0.15, -0.1) is 0 Å². The van der Waals surface area contributed by atoms with Crippen molar-refractivity contribution in [3.63, 3.8) is 0 Å². The van der Waals surface area contributed by atoms with Gasteiger partial charge in [0.05, 0.1) is 7.11 Å². The minimum Gasteiger partial charge on any atom is -0.497 e. The molecule has 0 saturated heterocycles. The van der Waals surface area contributed by atoms with Crippen LogP contribution in [0.1, 0.15) is 12.5 Å². The highest BCUT2D eigenvalue weighted by atomic mass is 16.5. The van der Waals surface area contributed by atoms with Gasteiger partial charge in [-0.3, -0.25) is 0 Å². The van der Waals surface area contributed by atoms with Gasteiger partial charge < -0.3 is 21.1 Å². The molecule has 0 spiro atoms. The molecule has 2 rings (SSSR count). The van der Waals surface area contributed by atoms with Crippen molar-refractivity contribution < 1.29 is 4.74 Å². The quantitative estimate of drug-likeness (QED) is 0.723. The van der Waals surface area contributed by atoms with E-state index in [1.54, 1.807) is 7.11 Å². The van der Waals surface area contributed by atoms with Crippen LogP contribution in [-0.2, 0) is 6.42 Å². The molecule has 6 heteroatoms. The molecule has 1 aromatic heterocycles. The van der Waals surface area contributed by atoms with Gasteiger partial charge >= 0.3 is 0 Å². The molecule has 0 unspecified atom stereocenters. The van der Waals surface area contributed by atoms with Crippen molar-refractivity contribution in [3.8, 4) is 5.75 Å². The van der Waals surface area contributed by atoms with Gasteiger partial charge in [0.2, 0.25) is 5.95 Å². The van der Waals surface area contributed by atoms with Gasteiger partial charge in [0.25, 0.3) is 0 Å². The first-order valence-electron chi connectivity index (χ1n) is 6.96. The summed E-state index contributed by atoms with van der Waals surface area (Å²) in [5, 5.41) is 6.38. The van der Waals surface area contributed by atoms with Gasteiger partial charge in [0.15, 0.2) is 0 Å². The largest absolute Gasteiger partial charge is 0.497 e. The normalized spacial score (nSPS) is 10.2. The van der Waals surface area contributed by atoms with Gasteiger partial charge in [-0.25, -0.2) is 0 Å². The number of rotatable bonds is 7. The molecular formula is C15H21N5O. The summed E-state index contributed by atoms with van der Waals surface area (Å²) in [6.45, 7) is 3.56. The van der Waals surface area contributed by atoms with E-state index in [0.29, 0.717) is 0 Å². The smallest absolute Gasteiger partial charge is 0.223 e. The second kappa shape index (κ2) is 7.33. The fourth-order valence-corrected chi connectivity index (χ4v) is 1.99. The minimum atomic E-state index is 0.261. The van der Waals surface area contributed by atoms with Crippen molar-refractivity contribution in [2.75, 3.05) is 36.6 Å². The predicted molar refractivity (Wildman–Crippen MR) is 85.8 cm³/mol. The number of nitrogens with zero attached hydrogens (tertiary/aromatic N) is 2. The number of nitrogen functional groups attached to an aromatic ring is 1. The summed E-state index contributed by atoms with van der Waals surface area (Å²) in [6.07, 6.45) is 0.873. The van der Waals surface area contributed by atoms with Gasteiger partial charge in [-0.1, -0.05) is 12.1 Å². The summed E-state index contributed by atoms with van der Waals surface area (Å²) >= 11 is 0. The van der Waals surface area contributed by atoms with Crippen molar-refractivity contribution in [2.45, 2.75) is 13.3 Å². The summed E-state index contributed by atoms with van der Waals surface area (Å²) < 4.78 is 5.21. The monoisotopic (exact) mass is 287 g/mol. The Hall–Kier alpha value is -2.50. The van der Waals surface area contributed by atoms with Crippen LogP contribution >= 0.6 is 0 Å². The summed E-state index contributed by atoms with van der Waals surface area (Å²) in [7, 11) is 1.67. The van der Waals surface area contributed by atoms with Gasteiger partial charge in [-0.2, -0.15) is 9.97 Å². The van der Waals surface area contributed by atoms with E-state index in [4.69, 9.17) is 10.5 Å². The van der Waals surface area contributed by atoms with Crippen molar-refractivity contribution >= 4 is 17.6 Å². The molecule has 0 radical (unpaired) electrons. The summed E-state index contributed by atoms with van der Waals surface area (Å²) in [4.78, 5) is 8.28. The van der Waals surface area contributed by atoms with E-state index in [1.165, 1.54) is 5.56 Å². The highest BCUT2D eigenvalue weighted by molar-refractivity contribution is 5.51. The third-order valence-corrected chi connectivity index (χ3v) is 2.96. The van der Waals surface area contributed by atoms with Gasteiger partial charge in [0, 0.05) is 19.2 Å². The zero-order chi connectivity index (χ0) is 15.1. The van der Waals surface area contributed by atoms with Crippen LogP contribution in [0.25, 0.3) is 0 Å². The summed E-state index contributed by atoms with van der Waals surface area (Å²) in [6, 6.07) is 9.87. The molecule has 0 atom stereocenters. The molecule has 0 aliphatic rings. The van der Waals surface area contributed by atoms with Gasteiger partial charge in [0.1, 0.15) is 17.4 Å². The first-order chi connectivity index (χ1) is 10.2. The molecule has 0 fully saturated rings. The van der Waals surface area contributed by atoms with Crippen LogP contribution in [0.2, 0.25) is 0 Å². The highest BCUT2D eigenvalue weighted by Crippen LogP contribution is 2.14. The molecule has 1 heterocycles. The number of benzene rings is 1. The van der Waals surface area contributed by atoms with E-state index < -0.39 is 0 Å². The average molecular weight is 287 g/mol. The molecular weight excluding hydrogens is 266 g/mol. The van der Waals surface area contributed by atoms with Gasteiger partial charge in [-0.05, 0) is 31.0 Å². The number of aromatic nitrogens is 2. The number of nitrogens with one attached hydrogen (secondary N) is 2. The maximum atomic E-state index is 5.69. The first-order valence-corrected chi connectivity index (χ1v) is 6.96. The number of hydrogen-bond acceptors (Lipinski definition) is 6. The Kier molecular flexibility index (Phi) is 5.20. The third-order valence-electron chi connectivity index (χ3n) is 2.96. The third kappa shape index (κ3) is 4.52. The molecule has 6 nitrogen and oxygen atoms in total. The van der Waals surface area contributed by atoms with Crippen molar-refractivity contribution in [2.24, 2.45) is 0 Å². The van der Waals surface area contributed by atoms with E-state index in [0.717, 1.165) is 36.9 Å². The Morgan fingerprint density at radius 3 is 2.62 bits per heavy atom. The number of anilines is 3. The molecule has 0 bridgehead atoms. The lowest BCUT2D eigenvalue weighted by molar-refractivity contribution is 0.414. The van der Waals surface area contributed by atoms with Crippen LogP contribution < -0.4 is 21.1 Å². The zero-order valence-electron chi connectivity index (χ0n) is 12.4. The Morgan fingerprint density at radius 1 is 1.14 bits per heavy atom. The second-order valence-corrected chi connectivity index (χ2v) is 4.56. The predicted octanol–water partition coefficient (Wildman–Crippen LogP) is 2.15. The van der Waals surface area contributed by atoms with Crippen LogP contribution in [0.4, 0.5) is 17.6 Å². The number of ether oxygens (including phenoxy) is 1. The Bertz CT molecular complexity index is 588. The summed E-state index contributed by atoms with van der Waals surface area (Å²) in [5.41, 5.74) is 6.90. The van der Waals surface area contributed by atoms with Crippen molar-refractivity contribution in [1.29, 1.82) is 0 Å². The van der Waals surface area contributed by atoms with Crippen LogP contribution in [0.3, 0.4) is 0 Å². The topological polar surface area (TPSA) is 85.1 Å². The number of nitrogens with two attached hydrogens (primary N) is 1. The molecule has 1 aromatic carbocycles. The Labute approximate surface area is 124 Å². The molecule has 0 aliphatic heterocycles. The van der Waals surface area contributed by atoms with Crippen molar-refractivity contribution in [1.82, 2.24) is 9.97 Å². The Morgan fingerprint density at radius 2 is 1.90 bits per heavy atom. The minimum absolute atomic E-state index is 0.261. The maximum absolute atomic E-state index is 5.69. The molecule has 0 saturated carbocycles.